The third-order valence-corrected chi connectivity index (χ3v) is 2.71. The van der Waals surface area contributed by atoms with E-state index >= 15 is 0 Å². The zero-order chi connectivity index (χ0) is 13.1. The molecule has 2 rings (SSSR count). The van der Waals surface area contributed by atoms with Crippen LogP contribution >= 0.6 is 0 Å². The Morgan fingerprint density at radius 3 is 2.67 bits per heavy atom. The molecule has 0 saturated carbocycles. The Hall–Kier alpha value is -2.10. The van der Waals surface area contributed by atoms with Crippen LogP contribution in [0.1, 0.15) is 28.4 Å². The van der Waals surface area contributed by atoms with Crippen LogP contribution in [0.4, 0.5) is 8.78 Å². The van der Waals surface area contributed by atoms with Gasteiger partial charge in [0, 0.05) is 23.5 Å². The first-order valence-electron chi connectivity index (χ1n) is 5.56. The molecule has 2 aromatic rings. The van der Waals surface area contributed by atoms with Gasteiger partial charge in [0.2, 0.25) is 0 Å². The van der Waals surface area contributed by atoms with Crippen LogP contribution < -0.4 is 0 Å². The van der Waals surface area contributed by atoms with Crippen LogP contribution in [0.3, 0.4) is 0 Å². The summed E-state index contributed by atoms with van der Waals surface area (Å²) < 4.78 is 25.9. The molecule has 1 heterocycles. The van der Waals surface area contributed by atoms with Gasteiger partial charge in [-0.05, 0) is 36.2 Å². The molecule has 0 fully saturated rings. The fraction of sp³-hybridized carbons (Fsp3) is 0.143. The van der Waals surface area contributed by atoms with E-state index in [4.69, 9.17) is 0 Å². The van der Waals surface area contributed by atoms with Crippen molar-refractivity contribution in [3.05, 3.63) is 65.0 Å². The van der Waals surface area contributed by atoms with Gasteiger partial charge >= 0.3 is 0 Å². The Balaban J connectivity index is 2.44. The van der Waals surface area contributed by atoms with Crippen LogP contribution in [-0.4, -0.2) is 10.8 Å². The van der Waals surface area contributed by atoms with Crippen molar-refractivity contribution >= 4 is 5.78 Å². The molecule has 1 aromatic heterocycles. The van der Waals surface area contributed by atoms with E-state index in [1.54, 1.807) is 12.3 Å². The minimum absolute atomic E-state index is 0.134. The summed E-state index contributed by atoms with van der Waals surface area (Å²) >= 11 is 0. The van der Waals surface area contributed by atoms with E-state index in [0.717, 1.165) is 17.7 Å². The summed E-state index contributed by atoms with van der Waals surface area (Å²) in [5.74, 6) is -2.31. The molecule has 0 bridgehead atoms. The molecule has 1 aromatic carbocycles. The fourth-order valence-electron chi connectivity index (χ4n) is 1.72. The van der Waals surface area contributed by atoms with Gasteiger partial charge in [-0.15, -0.1) is 0 Å². The summed E-state index contributed by atoms with van der Waals surface area (Å²) in [6.07, 6.45) is 3.76. The van der Waals surface area contributed by atoms with Crippen LogP contribution in [0.15, 0.2) is 36.7 Å². The number of halogens is 2. The maximum atomic E-state index is 13.1. The summed E-state index contributed by atoms with van der Waals surface area (Å²) in [7, 11) is 0. The second-order valence-corrected chi connectivity index (χ2v) is 3.84. The first-order valence-corrected chi connectivity index (χ1v) is 5.56. The minimum Gasteiger partial charge on any atom is -0.289 e. The monoisotopic (exact) mass is 247 g/mol. The molecule has 0 N–H and O–H groups in total. The predicted molar refractivity (Wildman–Crippen MR) is 63.4 cm³/mol. The zero-order valence-electron chi connectivity index (χ0n) is 9.78. The molecular formula is C14H11F2NO. The Morgan fingerprint density at radius 1 is 1.22 bits per heavy atom. The molecule has 0 aliphatic carbocycles. The first-order chi connectivity index (χ1) is 8.63. The van der Waals surface area contributed by atoms with Crippen molar-refractivity contribution < 1.29 is 13.6 Å². The van der Waals surface area contributed by atoms with Crippen LogP contribution in [0.2, 0.25) is 0 Å². The highest BCUT2D eigenvalue weighted by Crippen LogP contribution is 2.16. The topological polar surface area (TPSA) is 30.0 Å². The van der Waals surface area contributed by atoms with Crippen molar-refractivity contribution in [3.63, 3.8) is 0 Å². The molecule has 2 nitrogen and oxygen atoms in total. The number of aryl methyl sites for hydroxylation is 1. The number of benzene rings is 1. The summed E-state index contributed by atoms with van der Waals surface area (Å²) in [5, 5.41) is 0. The number of carbonyl (C=O) groups is 1. The third-order valence-electron chi connectivity index (χ3n) is 2.71. The first kappa shape index (κ1) is 12.4. The van der Waals surface area contributed by atoms with Gasteiger partial charge in [-0.2, -0.15) is 0 Å². The van der Waals surface area contributed by atoms with Crippen LogP contribution in [0.25, 0.3) is 0 Å². The third kappa shape index (κ3) is 2.27. The number of hydrogen-bond acceptors (Lipinski definition) is 2. The van der Waals surface area contributed by atoms with E-state index < -0.39 is 11.6 Å². The van der Waals surface area contributed by atoms with Gasteiger partial charge in [0.25, 0.3) is 0 Å². The Bertz CT molecular complexity index is 596. The lowest BCUT2D eigenvalue weighted by Gasteiger charge is -2.06. The van der Waals surface area contributed by atoms with Crippen LogP contribution in [0.5, 0.6) is 0 Å². The summed E-state index contributed by atoms with van der Waals surface area (Å²) in [6, 6.07) is 4.73. The molecule has 0 atom stereocenters. The van der Waals surface area contributed by atoms with Gasteiger partial charge in [-0.3, -0.25) is 9.78 Å². The van der Waals surface area contributed by atoms with E-state index in [1.165, 1.54) is 12.3 Å². The predicted octanol–water partition coefficient (Wildman–Crippen LogP) is 3.15. The second kappa shape index (κ2) is 5.04. The molecule has 0 saturated heterocycles. The summed E-state index contributed by atoms with van der Waals surface area (Å²) in [5.41, 5.74) is 1.39. The normalized spacial score (nSPS) is 10.4. The van der Waals surface area contributed by atoms with Crippen molar-refractivity contribution in [2.24, 2.45) is 0 Å². The van der Waals surface area contributed by atoms with E-state index in [-0.39, 0.29) is 11.3 Å². The highest BCUT2D eigenvalue weighted by Gasteiger charge is 2.14. The molecule has 0 spiro atoms. The number of rotatable bonds is 3. The van der Waals surface area contributed by atoms with E-state index in [2.05, 4.69) is 4.98 Å². The largest absolute Gasteiger partial charge is 0.289 e. The van der Waals surface area contributed by atoms with Crippen molar-refractivity contribution in [3.8, 4) is 0 Å². The average molecular weight is 247 g/mol. The maximum absolute atomic E-state index is 13.1. The summed E-state index contributed by atoms with van der Waals surface area (Å²) in [4.78, 5) is 16.1. The molecule has 0 amide bonds. The highest BCUT2D eigenvalue weighted by atomic mass is 19.2. The number of carbonyl (C=O) groups excluding carboxylic acids is 1. The number of hydrogen-bond donors (Lipinski definition) is 0. The SMILES string of the molecule is CCc1cnccc1C(=O)c1ccc(F)c(F)c1. The lowest BCUT2D eigenvalue weighted by molar-refractivity contribution is 0.103. The minimum atomic E-state index is -1.02. The molecule has 92 valence electrons. The fourth-order valence-corrected chi connectivity index (χ4v) is 1.72. The molecule has 4 heteroatoms. The molecule has 18 heavy (non-hydrogen) atoms. The number of aromatic nitrogens is 1. The van der Waals surface area contributed by atoms with Gasteiger partial charge in [0.05, 0.1) is 0 Å². The van der Waals surface area contributed by atoms with Crippen LogP contribution in [0, 0.1) is 11.6 Å². The number of ketones is 1. The van der Waals surface area contributed by atoms with Gasteiger partial charge in [0.1, 0.15) is 0 Å². The highest BCUT2D eigenvalue weighted by molar-refractivity contribution is 6.09. The van der Waals surface area contributed by atoms with Gasteiger partial charge in [-0.25, -0.2) is 8.78 Å². The summed E-state index contributed by atoms with van der Waals surface area (Å²) in [6.45, 7) is 1.90. The second-order valence-electron chi connectivity index (χ2n) is 3.84. The Morgan fingerprint density at radius 2 is 2.00 bits per heavy atom. The van der Waals surface area contributed by atoms with Crippen molar-refractivity contribution in [2.45, 2.75) is 13.3 Å². The zero-order valence-corrected chi connectivity index (χ0v) is 9.78. The lowest BCUT2D eigenvalue weighted by Crippen LogP contribution is -2.06. The average Bonchev–Trinajstić information content (AvgIpc) is 2.41. The van der Waals surface area contributed by atoms with E-state index in [0.29, 0.717) is 12.0 Å². The number of pyridine rings is 1. The van der Waals surface area contributed by atoms with Crippen molar-refractivity contribution in [2.75, 3.05) is 0 Å². The smallest absolute Gasteiger partial charge is 0.193 e. The van der Waals surface area contributed by atoms with Crippen molar-refractivity contribution in [1.29, 1.82) is 0 Å². The number of nitrogens with zero attached hydrogens (tertiary/aromatic N) is 1. The van der Waals surface area contributed by atoms with Crippen LogP contribution in [-0.2, 0) is 6.42 Å². The standard InChI is InChI=1S/C14H11F2NO/c1-2-9-8-17-6-5-11(9)14(18)10-3-4-12(15)13(16)7-10/h3-8H,2H2,1H3. The quantitative estimate of drug-likeness (QED) is 0.780. The molecule has 0 aliphatic heterocycles. The van der Waals surface area contributed by atoms with E-state index in [9.17, 15) is 13.6 Å². The van der Waals surface area contributed by atoms with Gasteiger partial charge in [-0.1, -0.05) is 6.92 Å². The molecular weight excluding hydrogens is 236 g/mol. The van der Waals surface area contributed by atoms with Gasteiger partial charge in [0.15, 0.2) is 17.4 Å². The molecule has 0 unspecified atom stereocenters. The lowest BCUT2D eigenvalue weighted by atomic mass is 9.99. The van der Waals surface area contributed by atoms with Gasteiger partial charge < -0.3 is 0 Å². The molecule has 0 radical (unpaired) electrons. The van der Waals surface area contributed by atoms with E-state index in [1.807, 2.05) is 6.92 Å². The Labute approximate surface area is 103 Å². The molecule has 0 aliphatic rings. The maximum Gasteiger partial charge on any atom is 0.193 e. The Kier molecular flexibility index (Phi) is 3.46. The van der Waals surface area contributed by atoms with Crippen molar-refractivity contribution in [1.82, 2.24) is 4.98 Å².